The Bertz CT molecular complexity index is 446. The van der Waals surface area contributed by atoms with Crippen molar-refractivity contribution in [3.8, 4) is 11.5 Å². The minimum absolute atomic E-state index is 0.0184. The Hall–Kier alpha value is -2.24. The van der Waals surface area contributed by atoms with Crippen molar-refractivity contribution >= 4 is 11.8 Å². The summed E-state index contributed by atoms with van der Waals surface area (Å²) in [5.74, 6) is -1.61. The average molecular weight is 252 g/mol. The van der Waals surface area contributed by atoms with Gasteiger partial charge in [0.05, 0.1) is 5.56 Å². The summed E-state index contributed by atoms with van der Waals surface area (Å²) in [6.07, 6.45) is 1.50. The van der Waals surface area contributed by atoms with E-state index < -0.39 is 11.7 Å². The highest BCUT2D eigenvalue weighted by atomic mass is 16.3. The van der Waals surface area contributed by atoms with Crippen molar-refractivity contribution in [3.63, 3.8) is 0 Å². The highest BCUT2D eigenvalue weighted by Gasteiger charge is 2.12. The second kappa shape index (κ2) is 6.48. The van der Waals surface area contributed by atoms with E-state index in [4.69, 9.17) is 5.73 Å². The molecule has 0 unspecified atom stereocenters. The molecule has 0 heterocycles. The smallest absolute Gasteiger partial charge is 0.255 e. The second-order valence-electron chi connectivity index (χ2n) is 3.85. The van der Waals surface area contributed by atoms with Crippen LogP contribution in [-0.2, 0) is 4.79 Å². The number of aromatic hydroxyl groups is 2. The number of nitrogens with two attached hydrogens (primary N) is 1. The standard InChI is InChI=1S/C12H16N2O4/c13-10(16)6-1-2-7-14-12(18)8-4-3-5-9(15)11(8)17/h3-5,15,17H,1-2,6-7H2,(H2,13,16)(H,14,18). The van der Waals surface area contributed by atoms with Gasteiger partial charge in [0.25, 0.3) is 5.91 Å². The summed E-state index contributed by atoms with van der Waals surface area (Å²) in [4.78, 5) is 22.1. The van der Waals surface area contributed by atoms with Crippen LogP contribution in [0.2, 0.25) is 0 Å². The molecule has 0 fully saturated rings. The number of primary amides is 1. The average Bonchev–Trinajstić information content (AvgIpc) is 2.31. The van der Waals surface area contributed by atoms with Gasteiger partial charge >= 0.3 is 0 Å². The largest absolute Gasteiger partial charge is 0.504 e. The van der Waals surface area contributed by atoms with Crippen LogP contribution in [-0.4, -0.2) is 28.6 Å². The highest BCUT2D eigenvalue weighted by Crippen LogP contribution is 2.27. The van der Waals surface area contributed by atoms with Gasteiger partial charge in [-0.05, 0) is 25.0 Å². The Balaban J connectivity index is 2.41. The molecule has 0 aliphatic carbocycles. The van der Waals surface area contributed by atoms with E-state index in [1.165, 1.54) is 18.2 Å². The van der Waals surface area contributed by atoms with Crippen molar-refractivity contribution in [3.05, 3.63) is 23.8 Å². The molecule has 0 spiro atoms. The summed E-state index contributed by atoms with van der Waals surface area (Å²) < 4.78 is 0. The molecule has 2 amide bonds. The van der Waals surface area contributed by atoms with Crippen LogP contribution in [0.5, 0.6) is 11.5 Å². The van der Waals surface area contributed by atoms with Gasteiger partial charge in [0.2, 0.25) is 5.91 Å². The lowest BCUT2D eigenvalue weighted by molar-refractivity contribution is -0.118. The van der Waals surface area contributed by atoms with Gasteiger partial charge in [0.1, 0.15) is 0 Å². The SMILES string of the molecule is NC(=O)CCCCNC(=O)c1cccc(O)c1O. The van der Waals surface area contributed by atoms with E-state index in [0.717, 1.165) is 0 Å². The number of carbonyl (C=O) groups excluding carboxylic acids is 2. The quantitative estimate of drug-likeness (QED) is 0.435. The van der Waals surface area contributed by atoms with Crippen LogP contribution in [0.1, 0.15) is 29.6 Å². The van der Waals surface area contributed by atoms with Gasteiger partial charge in [-0.2, -0.15) is 0 Å². The minimum atomic E-state index is -0.470. The Morgan fingerprint density at radius 3 is 2.61 bits per heavy atom. The first-order valence-corrected chi connectivity index (χ1v) is 5.60. The number of phenols is 2. The number of hydrogen-bond acceptors (Lipinski definition) is 4. The lowest BCUT2D eigenvalue weighted by Gasteiger charge is -2.07. The first-order chi connectivity index (χ1) is 8.52. The molecule has 0 aromatic heterocycles. The molecule has 0 aliphatic heterocycles. The molecule has 1 aromatic rings. The molecule has 0 bridgehead atoms. The fraction of sp³-hybridized carbons (Fsp3) is 0.333. The number of rotatable bonds is 6. The Labute approximate surface area is 104 Å². The zero-order valence-electron chi connectivity index (χ0n) is 9.85. The summed E-state index contributed by atoms with van der Waals surface area (Å²) in [7, 11) is 0. The number of hydrogen-bond donors (Lipinski definition) is 4. The maximum atomic E-state index is 11.6. The molecule has 18 heavy (non-hydrogen) atoms. The van der Waals surface area contributed by atoms with Crippen LogP contribution < -0.4 is 11.1 Å². The second-order valence-corrected chi connectivity index (χ2v) is 3.85. The van der Waals surface area contributed by atoms with Crippen LogP contribution in [0.15, 0.2) is 18.2 Å². The summed E-state index contributed by atoms with van der Waals surface area (Å²) in [6.45, 7) is 0.376. The third-order valence-electron chi connectivity index (χ3n) is 2.39. The Morgan fingerprint density at radius 1 is 1.22 bits per heavy atom. The van der Waals surface area contributed by atoms with Crippen LogP contribution in [0.25, 0.3) is 0 Å². The molecule has 6 heteroatoms. The molecule has 1 rings (SSSR count). The molecule has 0 atom stereocenters. The summed E-state index contributed by atoms with van der Waals surface area (Å²) in [5.41, 5.74) is 4.99. The number of benzene rings is 1. The van der Waals surface area contributed by atoms with Crippen LogP contribution in [0, 0.1) is 0 Å². The fourth-order valence-corrected chi connectivity index (χ4v) is 1.44. The lowest BCUT2D eigenvalue weighted by Crippen LogP contribution is -2.24. The van der Waals surface area contributed by atoms with E-state index in [1.54, 1.807) is 0 Å². The van der Waals surface area contributed by atoms with E-state index in [-0.39, 0.29) is 23.6 Å². The molecular formula is C12H16N2O4. The number of para-hydroxylation sites is 1. The summed E-state index contributed by atoms with van der Waals surface area (Å²) in [6, 6.07) is 4.17. The molecule has 1 aromatic carbocycles. The molecular weight excluding hydrogens is 236 g/mol. The van der Waals surface area contributed by atoms with Crippen LogP contribution >= 0.6 is 0 Å². The van der Waals surface area contributed by atoms with Crippen molar-refractivity contribution in [1.29, 1.82) is 0 Å². The minimum Gasteiger partial charge on any atom is -0.504 e. The number of nitrogens with one attached hydrogen (secondary N) is 1. The van der Waals surface area contributed by atoms with Gasteiger partial charge in [-0.15, -0.1) is 0 Å². The van der Waals surface area contributed by atoms with Gasteiger partial charge in [0, 0.05) is 13.0 Å². The molecule has 0 aliphatic rings. The van der Waals surface area contributed by atoms with Crippen molar-refractivity contribution in [2.75, 3.05) is 6.54 Å². The van der Waals surface area contributed by atoms with E-state index >= 15 is 0 Å². The zero-order valence-corrected chi connectivity index (χ0v) is 9.85. The summed E-state index contributed by atoms with van der Waals surface area (Å²) in [5, 5.41) is 21.3. The van der Waals surface area contributed by atoms with Crippen LogP contribution in [0.3, 0.4) is 0 Å². The molecule has 0 saturated heterocycles. The normalized spacial score (nSPS) is 10.0. The third kappa shape index (κ3) is 3.97. The van der Waals surface area contributed by atoms with Crippen molar-refractivity contribution in [2.45, 2.75) is 19.3 Å². The predicted octanol–water partition coefficient (Wildman–Crippen LogP) is 0.483. The van der Waals surface area contributed by atoms with Crippen molar-refractivity contribution in [2.24, 2.45) is 5.73 Å². The molecule has 6 nitrogen and oxygen atoms in total. The maximum absolute atomic E-state index is 11.6. The number of unbranched alkanes of at least 4 members (excludes halogenated alkanes) is 1. The number of amides is 2. The Morgan fingerprint density at radius 2 is 1.94 bits per heavy atom. The number of carbonyl (C=O) groups is 2. The topological polar surface area (TPSA) is 113 Å². The first-order valence-electron chi connectivity index (χ1n) is 5.60. The predicted molar refractivity (Wildman–Crippen MR) is 65.2 cm³/mol. The van der Waals surface area contributed by atoms with Crippen LogP contribution in [0.4, 0.5) is 0 Å². The third-order valence-corrected chi connectivity index (χ3v) is 2.39. The van der Waals surface area contributed by atoms with Gasteiger partial charge in [0.15, 0.2) is 11.5 Å². The Kier molecular flexibility index (Phi) is 4.98. The number of phenolic OH excluding ortho intramolecular Hbond substituents is 2. The lowest BCUT2D eigenvalue weighted by atomic mass is 10.1. The van der Waals surface area contributed by atoms with Gasteiger partial charge in [-0.25, -0.2) is 0 Å². The van der Waals surface area contributed by atoms with E-state index in [2.05, 4.69) is 5.32 Å². The zero-order chi connectivity index (χ0) is 13.5. The van der Waals surface area contributed by atoms with Crippen molar-refractivity contribution < 1.29 is 19.8 Å². The molecule has 5 N–H and O–H groups in total. The molecule has 0 radical (unpaired) electrons. The summed E-state index contributed by atoms with van der Waals surface area (Å²) >= 11 is 0. The molecule has 98 valence electrons. The first kappa shape index (κ1) is 13.8. The molecule has 0 saturated carbocycles. The van der Waals surface area contributed by atoms with E-state index in [9.17, 15) is 19.8 Å². The highest BCUT2D eigenvalue weighted by molar-refractivity contribution is 5.97. The monoisotopic (exact) mass is 252 g/mol. The van der Waals surface area contributed by atoms with E-state index in [1.807, 2.05) is 0 Å². The van der Waals surface area contributed by atoms with Crippen molar-refractivity contribution in [1.82, 2.24) is 5.32 Å². The van der Waals surface area contributed by atoms with E-state index in [0.29, 0.717) is 19.4 Å². The maximum Gasteiger partial charge on any atom is 0.255 e. The van der Waals surface area contributed by atoms with Gasteiger partial charge < -0.3 is 21.3 Å². The van der Waals surface area contributed by atoms with Gasteiger partial charge in [-0.3, -0.25) is 9.59 Å². The fourth-order valence-electron chi connectivity index (χ4n) is 1.44. The van der Waals surface area contributed by atoms with Gasteiger partial charge in [-0.1, -0.05) is 6.07 Å².